The second-order valence-corrected chi connectivity index (χ2v) is 5.83. The third-order valence-corrected chi connectivity index (χ3v) is 4.05. The fourth-order valence-corrected chi connectivity index (χ4v) is 2.39. The summed E-state index contributed by atoms with van der Waals surface area (Å²) in [6.45, 7) is 3.49. The lowest BCUT2D eigenvalue weighted by atomic mass is 9.96. The van der Waals surface area contributed by atoms with Crippen LogP contribution in [0.5, 0.6) is 5.75 Å². The number of hydrogen-bond donors (Lipinski definition) is 3. The van der Waals surface area contributed by atoms with Gasteiger partial charge in [0, 0.05) is 5.56 Å². The molecule has 0 aromatic heterocycles. The molecule has 1 aromatic carbocycles. The van der Waals surface area contributed by atoms with Crippen molar-refractivity contribution in [3.05, 3.63) is 28.3 Å². The zero-order chi connectivity index (χ0) is 14.2. The summed E-state index contributed by atoms with van der Waals surface area (Å²) in [5, 5.41) is 22.0. The molecule has 0 saturated heterocycles. The first-order valence-corrected chi connectivity index (χ1v) is 6.67. The van der Waals surface area contributed by atoms with Crippen molar-refractivity contribution in [2.75, 3.05) is 6.61 Å². The van der Waals surface area contributed by atoms with E-state index in [4.69, 9.17) is 11.6 Å². The summed E-state index contributed by atoms with van der Waals surface area (Å²) in [6.07, 6.45) is 2.04. The standard InChI is InChI=1S/C14H18ClNO3/c1-8-5-12(18)11(15)6-10(8)13(19)16-14(2,7-17)9-3-4-9/h5-6,9,17-18H,3-4,7H2,1-2H3,(H,16,19). The maximum Gasteiger partial charge on any atom is 0.252 e. The van der Waals surface area contributed by atoms with E-state index >= 15 is 0 Å². The Bertz CT molecular complexity index is 514. The summed E-state index contributed by atoms with van der Waals surface area (Å²) in [6, 6.07) is 2.91. The van der Waals surface area contributed by atoms with Crippen molar-refractivity contribution < 1.29 is 15.0 Å². The van der Waals surface area contributed by atoms with Gasteiger partial charge in [0.1, 0.15) is 5.75 Å². The van der Waals surface area contributed by atoms with Crippen molar-refractivity contribution in [2.24, 2.45) is 5.92 Å². The van der Waals surface area contributed by atoms with Gasteiger partial charge >= 0.3 is 0 Å². The first-order valence-electron chi connectivity index (χ1n) is 6.30. The van der Waals surface area contributed by atoms with Crippen LogP contribution in [0.4, 0.5) is 0 Å². The van der Waals surface area contributed by atoms with Gasteiger partial charge in [-0.3, -0.25) is 4.79 Å². The number of aromatic hydroxyl groups is 1. The quantitative estimate of drug-likeness (QED) is 0.794. The van der Waals surface area contributed by atoms with Gasteiger partial charge in [-0.1, -0.05) is 11.6 Å². The van der Waals surface area contributed by atoms with Crippen molar-refractivity contribution >= 4 is 17.5 Å². The SMILES string of the molecule is Cc1cc(O)c(Cl)cc1C(=O)NC(C)(CO)C1CC1. The molecule has 3 N–H and O–H groups in total. The normalized spacial score (nSPS) is 17.9. The molecule has 1 unspecified atom stereocenters. The summed E-state index contributed by atoms with van der Waals surface area (Å²) in [5.74, 6) is 0.0139. The minimum Gasteiger partial charge on any atom is -0.506 e. The molecule has 2 rings (SSSR count). The number of aryl methyl sites for hydroxylation is 1. The molecule has 4 nitrogen and oxygen atoms in total. The molecule has 104 valence electrons. The predicted octanol–water partition coefficient (Wildman–Crippen LogP) is 2.24. The van der Waals surface area contributed by atoms with Crippen LogP contribution in [0.3, 0.4) is 0 Å². The number of aliphatic hydroxyl groups is 1. The Kier molecular flexibility index (Phi) is 3.74. The third-order valence-electron chi connectivity index (χ3n) is 3.74. The monoisotopic (exact) mass is 283 g/mol. The largest absolute Gasteiger partial charge is 0.506 e. The Morgan fingerprint density at radius 3 is 2.68 bits per heavy atom. The van der Waals surface area contributed by atoms with Crippen molar-refractivity contribution in [3.63, 3.8) is 0 Å². The molecule has 1 atom stereocenters. The number of nitrogens with one attached hydrogen (secondary N) is 1. The number of rotatable bonds is 4. The minimum absolute atomic E-state index is 0.0390. The molecule has 0 aliphatic heterocycles. The number of benzene rings is 1. The van der Waals surface area contributed by atoms with Gasteiger partial charge in [-0.05, 0) is 50.3 Å². The Labute approximate surface area is 117 Å². The first-order chi connectivity index (χ1) is 8.87. The first kappa shape index (κ1) is 14.2. The topological polar surface area (TPSA) is 69.6 Å². The molecule has 1 amide bonds. The van der Waals surface area contributed by atoms with Crippen LogP contribution >= 0.6 is 11.6 Å². The van der Waals surface area contributed by atoms with Crippen LogP contribution in [0.15, 0.2) is 12.1 Å². The van der Waals surface area contributed by atoms with Crippen molar-refractivity contribution in [2.45, 2.75) is 32.2 Å². The molecule has 1 aliphatic carbocycles. The Balaban J connectivity index is 2.22. The van der Waals surface area contributed by atoms with E-state index in [0.29, 0.717) is 17.0 Å². The Hall–Kier alpha value is -1.26. The second kappa shape index (κ2) is 5.02. The van der Waals surface area contributed by atoms with E-state index in [2.05, 4.69) is 5.32 Å². The van der Waals surface area contributed by atoms with Gasteiger partial charge in [0.2, 0.25) is 0 Å². The molecule has 1 fully saturated rings. The number of aliphatic hydroxyl groups excluding tert-OH is 1. The molecule has 5 heteroatoms. The highest BCUT2D eigenvalue weighted by atomic mass is 35.5. The Morgan fingerprint density at radius 2 is 2.16 bits per heavy atom. The Morgan fingerprint density at radius 1 is 1.53 bits per heavy atom. The summed E-state index contributed by atoms with van der Waals surface area (Å²) < 4.78 is 0. The van der Waals surface area contributed by atoms with E-state index in [1.165, 1.54) is 12.1 Å². The molecule has 0 spiro atoms. The number of amides is 1. The van der Waals surface area contributed by atoms with Gasteiger partial charge < -0.3 is 15.5 Å². The summed E-state index contributed by atoms with van der Waals surface area (Å²) >= 11 is 5.83. The molecule has 1 saturated carbocycles. The number of carbonyl (C=O) groups is 1. The number of halogens is 1. The van der Waals surface area contributed by atoms with Gasteiger partial charge in [0.25, 0.3) is 5.91 Å². The summed E-state index contributed by atoms with van der Waals surface area (Å²) in [7, 11) is 0. The molecule has 0 heterocycles. The van der Waals surface area contributed by atoms with Crippen LogP contribution in [0, 0.1) is 12.8 Å². The number of phenolic OH excluding ortho intramolecular Hbond substituents is 1. The van der Waals surface area contributed by atoms with E-state index in [1.807, 2.05) is 6.92 Å². The van der Waals surface area contributed by atoms with Gasteiger partial charge in [0.05, 0.1) is 17.2 Å². The zero-order valence-electron chi connectivity index (χ0n) is 11.0. The van der Waals surface area contributed by atoms with E-state index < -0.39 is 5.54 Å². The highest BCUT2D eigenvalue weighted by molar-refractivity contribution is 6.32. The van der Waals surface area contributed by atoms with E-state index in [9.17, 15) is 15.0 Å². The molecule has 0 bridgehead atoms. The predicted molar refractivity (Wildman–Crippen MR) is 73.5 cm³/mol. The number of carbonyl (C=O) groups excluding carboxylic acids is 1. The van der Waals surface area contributed by atoms with Gasteiger partial charge in [-0.2, -0.15) is 0 Å². The maximum absolute atomic E-state index is 12.3. The molecule has 19 heavy (non-hydrogen) atoms. The summed E-state index contributed by atoms with van der Waals surface area (Å²) in [4.78, 5) is 12.3. The van der Waals surface area contributed by atoms with Crippen molar-refractivity contribution in [1.82, 2.24) is 5.32 Å². The minimum atomic E-state index is -0.589. The van der Waals surface area contributed by atoms with Gasteiger partial charge in [-0.25, -0.2) is 0 Å². The fraction of sp³-hybridized carbons (Fsp3) is 0.500. The molecular weight excluding hydrogens is 266 g/mol. The average molecular weight is 284 g/mol. The van der Waals surface area contributed by atoms with Crippen LogP contribution in [0.2, 0.25) is 5.02 Å². The third kappa shape index (κ3) is 2.85. The molecule has 1 aliphatic rings. The van der Waals surface area contributed by atoms with Crippen molar-refractivity contribution in [3.8, 4) is 5.75 Å². The number of phenols is 1. The van der Waals surface area contributed by atoms with Crippen LogP contribution in [0.1, 0.15) is 35.7 Å². The van der Waals surface area contributed by atoms with Gasteiger partial charge in [0.15, 0.2) is 0 Å². The fourth-order valence-electron chi connectivity index (χ4n) is 2.23. The highest BCUT2D eigenvalue weighted by Gasteiger charge is 2.42. The lowest BCUT2D eigenvalue weighted by molar-refractivity contribution is 0.0824. The lowest BCUT2D eigenvalue weighted by Gasteiger charge is -2.29. The van der Waals surface area contributed by atoms with Crippen LogP contribution in [-0.2, 0) is 0 Å². The summed E-state index contributed by atoms with van der Waals surface area (Å²) in [5.41, 5.74) is 0.479. The molecule has 0 radical (unpaired) electrons. The van der Waals surface area contributed by atoms with Gasteiger partial charge in [-0.15, -0.1) is 0 Å². The van der Waals surface area contributed by atoms with E-state index in [0.717, 1.165) is 12.8 Å². The van der Waals surface area contributed by atoms with Crippen molar-refractivity contribution in [1.29, 1.82) is 0 Å². The number of hydrogen-bond acceptors (Lipinski definition) is 3. The van der Waals surface area contributed by atoms with Crippen LogP contribution in [0.25, 0.3) is 0 Å². The maximum atomic E-state index is 12.3. The molecular formula is C14H18ClNO3. The zero-order valence-corrected chi connectivity index (χ0v) is 11.8. The van der Waals surface area contributed by atoms with E-state index in [-0.39, 0.29) is 23.3 Å². The van der Waals surface area contributed by atoms with Crippen LogP contribution in [-0.4, -0.2) is 28.3 Å². The molecule has 1 aromatic rings. The van der Waals surface area contributed by atoms with E-state index in [1.54, 1.807) is 6.92 Å². The highest BCUT2D eigenvalue weighted by Crippen LogP contribution is 2.39. The van der Waals surface area contributed by atoms with Crippen LogP contribution < -0.4 is 5.32 Å². The lowest BCUT2D eigenvalue weighted by Crippen LogP contribution is -2.50. The smallest absolute Gasteiger partial charge is 0.252 e. The average Bonchev–Trinajstić information content (AvgIpc) is 3.17. The second-order valence-electron chi connectivity index (χ2n) is 5.42.